The number of rotatable bonds is 5. The van der Waals surface area contributed by atoms with Crippen LogP contribution >= 0.6 is 0 Å². The predicted octanol–water partition coefficient (Wildman–Crippen LogP) is 2.28. The van der Waals surface area contributed by atoms with Crippen molar-refractivity contribution in [3.8, 4) is 0 Å². The second kappa shape index (κ2) is 8.91. The third-order valence-corrected chi connectivity index (χ3v) is 6.31. The summed E-state index contributed by atoms with van der Waals surface area (Å²) in [5, 5.41) is 3.14. The zero-order valence-corrected chi connectivity index (χ0v) is 21.1. The molecule has 0 saturated carbocycles. The van der Waals surface area contributed by atoms with E-state index < -0.39 is 60.1 Å². The van der Waals surface area contributed by atoms with Crippen LogP contribution in [0.3, 0.4) is 0 Å². The SMILES string of the molecule is CCOC(=O)C1=C(C)NC(C)=C(C(=O)OCC)C1[C@H]1O[C@@H]2OC(C)(C)O[C@@H]2[C@H]2OC(C)(C)O[C@H]21. The molecule has 3 fully saturated rings. The molecule has 0 spiro atoms. The molecule has 190 valence electrons. The average Bonchev–Trinajstić information content (AvgIpc) is 3.20. The number of nitrogens with one attached hydrogen (secondary N) is 1. The van der Waals surface area contributed by atoms with Crippen molar-refractivity contribution < 1.29 is 42.7 Å². The van der Waals surface area contributed by atoms with Gasteiger partial charge in [0.05, 0.1) is 30.3 Å². The van der Waals surface area contributed by atoms with Crippen LogP contribution in [0.15, 0.2) is 22.5 Å². The average molecular weight is 482 g/mol. The molecule has 0 unspecified atom stereocenters. The zero-order chi connectivity index (χ0) is 25.0. The van der Waals surface area contributed by atoms with E-state index in [-0.39, 0.29) is 24.4 Å². The molecule has 10 heteroatoms. The molecule has 10 nitrogen and oxygen atoms in total. The first-order valence-corrected chi connectivity index (χ1v) is 11.8. The molecule has 0 aromatic carbocycles. The molecule has 0 aromatic heterocycles. The van der Waals surface area contributed by atoms with Gasteiger partial charge in [-0.1, -0.05) is 0 Å². The van der Waals surface area contributed by atoms with Gasteiger partial charge >= 0.3 is 11.9 Å². The summed E-state index contributed by atoms with van der Waals surface area (Å²) in [6.45, 7) is 14.6. The summed E-state index contributed by atoms with van der Waals surface area (Å²) in [5.74, 6) is -3.75. The van der Waals surface area contributed by atoms with E-state index in [1.165, 1.54) is 0 Å². The number of esters is 2. The van der Waals surface area contributed by atoms with E-state index in [0.29, 0.717) is 11.4 Å². The van der Waals surface area contributed by atoms with Crippen molar-refractivity contribution >= 4 is 11.9 Å². The van der Waals surface area contributed by atoms with Crippen molar-refractivity contribution in [3.63, 3.8) is 0 Å². The molecule has 5 atom stereocenters. The third kappa shape index (κ3) is 4.37. The Bertz CT molecular complexity index is 881. The molecule has 3 saturated heterocycles. The smallest absolute Gasteiger partial charge is 0.336 e. The topological polar surface area (TPSA) is 111 Å². The highest BCUT2D eigenvalue weighted by Gasteiger charge is 2.63. The van der Waals surface area contributed by atoms with Crippen molar-refractivity contribution in [1.82, 2.24) is 5.32 Å². The van der Waals surface area contributed by atoms with Crippen molar-refractivity contribution in [3.05, 3.63) is 22.5 Å². The van der Waals surface area contributed by atoms with Crippen LogP contribution in [0.4, 0.5) is 0 Å². The zero-order valence-electron chi connectivity index (χ0n) is 21.1. The van der Waals surface area contributed by atoms with Crippen LogP contribution in [0.1, 0.15) is 55.4 Å². The van der Waals surface area contributed by atoms with E-state index in [2.05, 4.69) is 5.32 Å². The van der Waals surface area contributed by atoms with E-state index in [1.54, 1.807) is 41.5 Å². The fourth-order valence-corrected chi connectivity index (χ4v) is 5.24. The molecule has 4 aliphatic rings. The fraction of sp³-hybridized carbons (Fsp3) is 0.750. The number of allylic oxidation sites excluding steroid dienone is 2. The highest BCUT2D eigenvalue weighted by Crippen LogP contribution is 2.48. The van der Waals surface area contributed by atoms with E-state index in [4.69, 9.17) is 33.2 Å². The lowest BCUT2D eigenvalue weighted by Gasteiger charge is -2.43. The van der Waals surface area contributed by atoms with Crippen LogP contribution in [0.2, 0.25) is 0 Å². The van der Waals surface area contributed by atoms with Crippen LogP contribution in [0.25, 0.3) is 0 Å². The Morgan fingerprint density at radius 2 is 1.21 bits per heavy atom. The summed E-state index contributed by atoms with van der Waals surface area (Å²) in [7, 11) is 0. The highest BCUT2D eigenvalue weighted by atomic mass is 16.9. The Morgan fingerprint density at radius 1 is 0.765 bits per heavy atom. The Kier molecular flexibility index (Phi) is 6.58. The quantitative estimate of drug-likeness (QED) is 0.587. The van der Waals surface area contributed by atoms with Crippen LogP contribution in [0, 0.1) is 5.92 Å². The lowest BCUT2D eigenvalue weighted by atomic mass is 9.77. The van der Waals surface area contributed by atoms with Gasteiger partial charge in [0.15, 0.2) is 17.9 Å². The molecule has 0 aliphatic carbocycles. The predicted molar refractivity (Wildman–Crippen MR) is 118 cm³/mol. The lowest BCUT2D eigenvalue weighted by molar-refractivity contribution is -0.240. The first kappa shape index (κ1) is 25.1. The van der Waals surface area contributed by atoms with E-state index >= 15 is 0 Å². The molecule has 0 aromatic rings. The second-order valence-electron chi connectivity index (χ2n) is 9.75. The molecule has 1 N–H and O–H groups in total. The summed E-state index contributed by atoms with van der Waals surface area (Å²) in [5.41, 5.74) is 1.70. The number of hydrogen-bond donors (Lipinski definition) is 1. The third-order valence-electron chi connectivity index (χ3n) is 6.31. The van der Waals surface area contributed by atoms with Gasteiger partial charge < -0.3 is 38.5 Å². The first-order chi connectivity index (χ1) is 15.9. The summed E-state index contributed by atoms with van der Waals surface area (Å²) < 4.78 is 41.8. The molecule has 4 aliphatic heterocycles. The molecule has 34 heavy (non-hydrogen) atoms. The maximum Gasteiger partial charge on any atom is 0.336 e. The van der Waals surface area contributed by atoms with E-state index in [9.17, 15) is 9.59 Å². The van der Waals surface area contributed by atoms with E-state index in [1.807, 2.05) is 13.8 Å². The van der Waals surface area contributed by atoms with Gasteiger partial charge in [0.1, 0.15) is 24.4 Å². The van der Waals surface area contributed by atoms with Gasteiger partial charge in [0.2, 0.25) is 0 Å². The Morgan fingerprint density at radius 3 is 1.71 bits per heavy atom. The number of ether oxygens (including phenoxy) is 7. The molecule has 4 heterocycles. The van der Waals surface area contributed by atoms with Gasteiger partial charge in [-0.25, -0.2) is 9.59 Å². The Hall–Kier alpha value is -1.98. The Balaban J connectivity index is 1.83. The van der Waals surface area contributed by atoms with E-state index in [0.717, 1.165) is 0 Å². The maximum absolute atomic E-state index is 13.2. The van der Waals surface area contributed by atoms with Crippen molar-refractivity contribution in [1.29, 1.82) is 0 Å². The number of fused-ring (bicyclic) bond motifs is 3. The number of hydrogen-bond acceptors (Lipinski definition) is 10. The summed E-state index contributed by atoms with van der Waals surface area (Å²) in [6.07, 6.45) is -3.31. The summed E-state index contributed by atoms with van der Waals surface area (Å²) >= 11 is 0. The van der Waals surface area contributed by atoms with Gasteiger partial charge in [-0.2, -0.15) is 0 Å². The fourth-order valence-electron chi connectivity index (χ4n) is 5.24. The Labute approximate surface area is 199 Å². The number of dihydropyridines is 1. The first-order valence-electron chi connectivity index (χ1n) is 11.8. The number of carbonyl (C=O) groups is 2. The van der Waals surface area contributed by atoms with Crippen molar-refractivity contribution in [2.75, 3.05) is 13.2 Å². The van der Waals surface area contributed by atoms with Gasteiger partial charge in [-0.3, -0.25) is 0 Å². The van der Waals surface area contributed by atoms with Gasteiger partial charge in [0, 0.05) is 11.4 Å². The number of carbonyl (C=O) groups excluding carboxylic acids is 2. The van der Waals surface area contributed by atoms with Gasteiger partial charge in [-0.15, -0.1) is 0 Å². The van der Waals surface area contributed by atoms with Crippen LogP contribution in [0.5, 0.6) is 0 Å². The standard InChI is InChI=1S/C24H35NO9/c1-9-28-20(26)13-11(3)25-12(4)14(21(27)29-10-2)15(13)16-17-18(32-23(5,6)31-17)19-22(30-16)34-24(7,8)33-19/h15-19,22,25H,9-10H2,1-8H3/t16-,17+,18+,19-,22-/m1/s1. The minimum Gasteiger partial charge on any atom is -0.463 e. The lowest BCUT2D eigenvalue weighted by Crippen LogP contribution is -2.59. The monoisotopic (exact) mass is 481 g/mol. The largest absolute Gasteiger partial charge is 0.463 e. The molecule has 0 bridgehead atoms. The normalized spacial score (nSPS) is 34.4. The van der Waals surface area contributed by atoms with Crippen molar-refractivity contribution in [2.45, 2.75) is 97.7 Å². The molecule has 0 radical (unpaired) electrons. The van der Waals surface area contributed by atoms with Gasteiger partial charge in [0.25, 0.3) is 0 Å². The van der Waals surface area contributed by atoms with Gasteiger partial charge in [-0.05, 0) is 55.4 Å². The van der Waals surface area contributed by atoms with Crippen LogP contribution < -0.4 is 5.32 Å². The highest BCUT2D eigenvalue weighted by molar-refractivity contribution is 5.98. The molecule has 4 rings (SSSR count). The molecular weight excluding hydrogens is 446 g/mol. The maximum atomic E-state index is 13.2. The molecular formula is C24H35NO9. The summed E-state index contributed by atoms with van der Waals surface area (Å²) in [4.78, 5) is 26.3. The minimum atomic E-state index is -0.930. The second-order valence-corrected chi connectivity index (χ2v) is 9.75. The van der Waals surface area contributed by atoms with Crippen molar-refractivity contribution in [2.24, 2.45) is 5.92 Å². The van der Waals surface area contributed by atoms with Crippen LogP contribution in [-0.2, 0) is 42.7 Å². The summed E-state index contributed by atoms with van der Waals surface area (Å²) in [6, 6.07) is 0. The minimum absolute atomic E-state index is 0.180. The van der Waals surface area contributed by atoms with Crippen LogP contribution in [-0.4, -0.2) is 67.4 Å². The molecule has 0 amide bonds.